The highest BCUT2D eigenvalue weighted by Gasteiger charge is 2.54. The quantitative estimate of drug-likeness (QED) is 0.800. The van der Waals surface area contributed by atoms with E-state index in [9.17, 15) is 22.8 Å². The van der Waals surface area contributed by atoms with Crippen molar-refractivity contribution in [3.05, 3.63) is 29.8 Å². The Bertz CT molecular complexity index is 662. The van der Waals surface area contributed by atoms with Gasteiger partial charge in [-0.05, 0) is 42.4 Å². The van der Waals surface area contributed by atoms with Gasteiger partial charge in [-0.1, -0.05) is 25.0 Å². The van der Waals surface area contributed by atoms with E-state index in [1.807, 2.05) is 0 Å². The third-order valence-corrected chi connectivity index (χ3v) is 5.17. The average Bonchev–Trinajstić information content (AvgIpc) is 3.27. The lowest BCUT2D eigenvalue weighted by Gasteiger charge is -2.18. The second-order valence-corrected chi connectivity index (χ2v) is 6.91. The van der Waals surface area contributed by atoms with Gasteiger partial charge in [0.2, 0.25) is 5.91 Å². The molecule has 0 spiro atoms. The fourth-order valence-corrected chi connectivity index (χ4v) is 3.98. The number of ether oxygens (including phenoxy) is 1. The van der Waals surface area contributed by atoms with Crippen molar-refractivity contribution in [1.82, 2.24) is 5.32 Å². The zero-order valence-electron chi connectivity index (χ0n) is 14.0. The van der Waals surface area contributed by atoms with Crippen LogP contribution in [0, 0.1) is 17.8 Å². The van der Waals surface area contributed by atoms with Crippen LogP contribution in [-0.4, -0.2) is 23.3 Å². The molecule has 142 valence electrons. The number of fused-ring (bicyclic) bond motifs is 1. The van der Waals surface area contributed by atoms with E-state index in [1.54, 1.807) is 0 Å². The Morgan fingerprint density at radius 2 is 1.73 bits per heavy atom. The number of carboxylic acid groups (broad SMARTS) is 1. The molecular weight excluding hydrogens is 351 g/mol. The highest BCUT2D eigenvalue weighted by atomic mass is 19.4. The zero-order valence-corrected chi connectivity index (χ0v) is 14.0. The van der Waals surface area contributed by atoms with Gasteiger partial charge in [-0.2, -0.15) is 0 Å². The minimum Gasteiger partial charge on any atom is -0.481 e. The highest BCUT2D eigenvalue weighted by Crippen LogP contribution is 2.55. The minimum absolute atomic E-state index is 0.0679. The van der Waals surface area contributed by atoms with Crippen LogP contribution in [0.3, 0.4) is 0 Å². The van der Waals surface area contributed by atoms with Crippen molar-refractivity contribution in [2.45, 2.75) is 44.5 Å². The maximum Gasteiger partial charge on any atom is 0.573 e. The third kappa shape index (κ3) is 4.47. The van der Waals surface area contributed by atoms with Gasteiger partial charge in [-0.25, -0.2) is 0 Å². The molecule has 5 nitrogen and oxygen atoms in total. The molecule has 0 bridgehead atoms. The van der Waals surface area contributed by atoms with Crippen LogP contribution >= 0.6 is 0 Å². The van der Waals surface area contributed by atoms with E-state index >= 15 is 0 Å². The van der Waals surface area contributed by atoms with Crippen molar-refractivity contribution < 1.29 is 32.6 Å². The lowest BCUT2D eigenvalue weighted by atomic mass is 10.0. The Hall–Kier alpha value is -2.25. The van der Waals surface area contributed by atoms with Crippen LogP contribution in [0.25, 0.3) is 0 Å². The summed E-state index contributed by atoms with van der Waals surface area (Å²) in [5, 5.41) is 11.9. The topological polar surface area (TPSA) is 75.6 Å². The number of carboxylic acids is 1. The van der Waals surface area contributed by atoms with E-state index in [0.29, 0.717) is 17.4 Å². The van der Waals surface area contributed by atoms with E-state index in [2.05, 4.69) is 10.1 Å². The van der Waals surface area contributed by atoms with E-state index < -0.39 is 24.1 Å². The Kier molecular flexibility index (Phi) is 5.11. The van der Waals surface area contributed by atoms with E-state index in [0.717, 1.165) is 37.8 Å². The number of amides is 1. The number of nitrogens with one attached hydrogen (secondary N) is 1. The van der Waals surface area contributed by atoms with Crippen molar-refractivity contribution in [3.63, 3.8) is 0 Å². The predicted molar refractivity (Wildman–Crippen MR) is 85.2 cm³/mol. The van der Waals surface area contributed by atoms with E-state index in [4.69, 9.17) is 5.11 Å². The van der Waals surface area contributed by atoms with Gasteiger partial charge < -0.3 is 15.2 Å². The summed E-state index contributed by atoms with van der Waals surface area (Å²) < 4.78 is 40.5. The van der Waals surface area contributed by atoms with Gasteiger partial charge in [0, 0.05) is 5.92 Å². The zero-order chi connectivity index (χ0) is 18.9. The Morgan fingerprint density at radius 3 is 2.23 bits per heavy atom. The van der Waals surface area contributed by atoms with Gasteiger partial charge in [-0.3, -0.25) is 9.59 Å². The first-order valence-electron chi connectivity index (χ1n) is 8.62. The molecule has 1 amide bonds. The van der Waals surface area contributed by atoms with Gasteiger partial charge in [0.05, 0.1) is 12.5 Å². The average molecular weight is 371 g/mol. The van der Waals surface area contributed by atoms with E-state index in [1.165, 1.54) is 12.1 Å². The fourth-order valence-electron chi connectivity index (χ4n) is 3.98. The molecule has 2 aliphatic rings. The summed E-state index contributed by atoms with van der Waals surface area (Å²) in [5.74, 6) is -0.951. The summed E-state index contributed by atoms with van der Waals surface area (Å²) >= 11 is 0. The second-order valence-electron chi connectivity index (χ2n) is 6.91. The second kappa shape index (κ2) is 7.17. The first kappa shape index (κ1) is 18.5. The molecule has 0 heterocycles. The molecule has 2 saturated carbocycles. The fraction of sp³-hybridized carbons (Fsp3) is 0.556. The smallest absolute Gasteiger partial charge is 0.481 e. The molecule has 8 heteroatoms. The lowest BCUT2D eigenvalue weighted by Crippen LogP contribution is -2.32. The van der Waals surface area contributed by atoms with Crippen LogP contribution in [0.5, 0.6) is 5.75 Å². The number of carbonyl (C=O) groups is 2. The number of halogens is 3. The molecule has 3 rings (SSSR count). The number of benzene rings is 1. The molecule has 0 saturated heterocycles. The predicted octanol–water partition coefficient (Wildman–Crippen LogP) is 3.65. The Balaban J connectivity index is 1.67. The Labute approximate surface area is 148 Å². The third-order valence-electron chi connectivity index (χ3n) is 5.17. The van der Waals surface area contributed by atoms with Crippen LogP contribution in [0.2, 0.25) is 0 Å². The van der Waals surface area contributed by atoms with Crippen molar-refractivity contribution >= 4 is 11.9 Å². The van der Waals surface area contributed by atoms with Crippen LogP contribution in [0.1, 0.15) is 43.7 Å². The maximum absolute atomic E-state index is 12.5. The first-order chi connectivity index (χ1) is 12.2. The van der Waals surface area contributed by atoms with E-state index in [-0.39, 0.29) is 18.2 Å². The summed E-state index contributed by atoms with van der Waals surface area (Å²) in [6, 6.07) is 4.12. The number of alkyl halides is 3. The minimum atomic E-state index is -4.79. The molecule has 26 heavy (non-hydrogen) atoms. The van der Waals surface area contributed by atoms with Gasteiger partial charge >= 0.3 is 12.3 Å². The molecule has 1 aromatic rings. The molecule has 0 aromatic heterocycles. The number of hydrogen-bond acceptors (Lipinski definition) is 3. The summed E-state index contributed by atoms with van der Waals surface area (Å²) in [7, 11) is 0. The van der Waals surface area contributed by atoms with Crippen LogP contribution < -0.4 is 10.1 Å². The van der Waals surface area contributed by atoms with Gasteiger partial charge in [0.1, 0.15) is 5.75 Å². The molecule has 3 unspecified atom stereocenters. The van der Waals surface area contributed by atoms with Crippen LogP contribution in [0.4, 0.5) is 13.2 Å². The number of aliphatic carboxylic acids is 1. The largest absolute Gasteiger partial charge is 0.573 e. The molecule has 2 aliphatic carbocycles. The van der Waals surface area contributed by atoms with Gasteiger partial charge in [-0.15, -0.1) is 13.2 Å². The number of carbonyl (C=O) groups excluding carboxylic acids is 1. The molecular formula is C18H20F3NO4. The molecule has 2 N–H and O–H groups in total. The van der Waals surface area contributed by atoms with Crippen LogP contribution in [0.15, 0.2) is 24.3 Å². The standard InChI is InChI=1S/C18H20F3NO4/c19-18(20,21)26-11-7-5-10(6-8-11)14(9-15(23)24)22-17(25)16-12-3-1-2-4-13(12)16/h5-8,12-14,16H,1-4,9H2,(H,22,25)(H,23,24). The van der Waals surface area contributed by atoms with Gasteiger partial charge in [0.15, 0.2) is 0 Å². The van der Waals surface area contributed by atoms with Crippen LogP contribution in [-0.2, 0) is 9.59 Å². The van der Waals surface area contributed by atoms with Gasteiger partial charge in [0.25, 0.3) is 0 Å². The molecule has 2 fully saturated rings. The maximum atomic E-state index is 12.5. The number of rotatable bonds is 6. The molecule has 0 radical (unpaired) electrons. The molecule has 0 aliphatic heterocycles. The lowest BCUT2D eigenvalue weighted by molar-refractivity contribution is -0.274. The SMILES string of the molecule is O=C(O)CC(NC(=O)C1C2CCCCC21)c1ccc(OC(F)(F)F)cc1. The summed E-state index contributed by atoms with van der Waals surface area (Å²) in [4.78, 5) is 23.6. The Morgan fingerprint density at radius 1 is 1.15 bits per heavy atom. The molecule has 1 aromatic carbocycles. The van der Waals surface area contributed by atoms with Crippen molar-refractivity contribution in [3.8, 4) is 5.75 Å². The van der Waals surface area contributed by atoms with Crippen molar-refractivity contribution in [2.75, 3.05) is 0 Å². The van der Waals surface area contributed by atoms with Crippen molar-refractivity contribution in [2.24, 2.45) is 17.8 Å². The summed E-state index contributed by atoms with van der Waals surface area (Å²) in [6.45, 7) is 0. The monoisotopic (exact) mass is 371 g/mol. The molecule has 3 atom stereocenters. The summed E-state index contributed by atoms with van der Waals surface area (Å²) in [6.07, 6.45) is -0.855. The van der Waals surface area contributed by atoms with Crippen molar-refractivity contribution in [1.29, 1.82) is 0 Å². The summed E-state index contributed by atoms with van der Waals surface area (Å²) in [5.41, 5.74) is 0.430. The number of hydrogen-bond donors (Lipinski definition) is 2. The first-order valence-corrected chi connectivity index (χ1v) is 8.62. The normalized spacial score (nSPS) is 25.7. The highest BCUT2D eigenvalue weighted by molar-refractivity contribution is 5.83.